The van der Waals surface area contributed by atoms with Gasteiger partial charge in [-0.2, -0.15) is 0 Å². The molecule has 57 heavy (non-hydrogen) atoms. The number of rotatable bonds is 4. The van der Waals surface area contributed by atoms with Gasteiger partial charge >= 0.3 is 0 Å². The molecule has 8 aromatic carbocycles. The Morgan fingerprint density at radius 3 is 1.72 bits per heavy atom. The summed E-state index contributed by atoms with van der Waals surface area (Å²) in [6.07, 6.45) is 0. The molecule has 0 saturated carbocycles. The van der Waals surface area contributed by atoms with Crippen LogP contribution in [0.4, 0.5) is 0 Å². The third-order valence-corrected chi connectivity index (χ3v) is 12.9. The second-order valence-corrected chi connectivity index (χ2v) is 15.9. The first-order valence-electron chi connectivity index (χ1n) is 19.3. The van der Waals surface area contributed by atoms with Crippen LogP contribution in [0.25, 0.3) is 78.1 Å². The minimum Gasteiger partial charge on any atom is -0.455 e. The molecule has 0 saturated heterocycles. The zero-order valence-electron chi connectivity index (χ0n) is 30.7. The van der Waals surface area contributed by atoms with Crippen LogP contribution < -0.4 is 0 Å². The van der Waals surface area contributed by atoms with Crippen molar-refractivity contribution < 1.29 is 4.42 Å². The van der Waals surface area contributed by atoms with Crippen LogP contribution in [0.5, 0.6) is 0 Å². The van der Waals surface area contributed by atoms with Gasteiger partial charge in [0.1, 0.15) is 11.2 Å². The van der Waals surface area contributed by atoms with Gasteiger partial charge in [0.25, 0.3) is 0 Å². The lowest BCUT2D eigenvalue weighted by atomic mass is 9.67. The summed E-state index contributed by atoms with van der Waals surface area (Å²) in [7, 11) is 0. The van der Waals surface area contributed by atoms with Gasteiger partial charge in [0.15, 0.2) is 5.82 Å². The lowest BCUT2D eigenvalue weighted by molar-refractivity contribution is 0.670. The fraction of sp³-hybridized carbons (Fsp3) is 0.0189. The van der Waals surface area contributed by atoms with Gasteiger partial charge in [-0.15, -0.1) is 0 Å². The Hall–Kier alpha value is -7.01. The fourth-order valence-corrected chi connectivity index (χ4v) is 10.5. The lowest BCUT2D eigenvalue weighted by Gasteiger charge is -2.39. The molecular formula is C53H32N2OS. The number of benzene rings is 8. The molecule has 1 aliphatic heterocycles. The predicted molar refractivity (Wildman–Crippen MR) is 232 cm³/mol. The molecule has 2 aliphatic rings. The van der Waals surface area contributed by atoms with Gasteiger partial charge in [-0.05, 0) is 63.2 Å². The number of hydrogen-bond donors (Lipinski definition) is 0. The molecule has 0 bridgehead atoms. The smallest absolute Gasteiger partial charge is 0.160 e. The zero-order chi connectivity index (χ0) is 37.5. The van der Waals surface area contributed by atoms with Crippen LogP contribution in [-0.4, -0.2) is 9.97 Å². The van der Waals surface area contributed by atoms with Crippen molar-refractivity contribution in [2.24, 2.45) is 0 Å². The summed E-state index contributed by atoms with van der Waals surface area (Å²) in [5.74, 6) is 0.700. The van der Waals surface area contributed by atoms with Crippen molar-refractivity contribution in [1.29, 1.82) is 0 Å². The number of furan rings is 1. The van der Waals surface area contributed by atoms with E-state index >= 15 is 0 Å². The Balaban J connectivity index is 1.00. The van der Waals surface area contributed by atoms with E-state index in [4.69, 9.17) is 14.4 Å². The van der Waals surface area contributed by atoms with Gasteiger partial charge in [0.2, 0.25) is 0 Å². The zero-order valence-corrected chi connectivity index (χ0v) is 31.5. The second-order valence-electron chi connectivity index (χ2n) is 14.8. The standard InChI is InChI=1S/C53H32N2OS/c1-2-13-34(14-3-1)46-32-47(35-27-25-33(26-28-35)37-18-12-19-41-40-17-6-10-23-48(40)56-51(37)41)55-52(54-46)36-29-30-45-50(31-36)57-49-24-11-9-22-44(49)53(45)42-20-7-4-15-38(42)39-16-5-8-21-43(39)53/h1-32H. The van der Waals surface area contributed by atoms with E-state index < -0.39 is 5.41 Å². The minimum absolute atomic E-state index is 0.421. The first-order valence-corrected chi connectivity index (χ1v) is 20.1. The van der Waals surface area contributed by atoms with E-state index in [1.807, 2.05) is 30.0 Å². The number of nitrogens with zero attached hydrogens (tertiary/aromatic N) is 2. The normalized spacial score (nSPS) is 13.3. The van der Waals surface area contributed by atoms with Crippen LogP contribution in [0, 0.1) is 0 Å². The van der Waals surface area contributed by atoms with E-state index in [0.717, 1.165) is 61.1 Å². The van der Waals surface area contributed by atoms with Crippen LogP contribution in [0.15, 0.2) is 208 Å². The Labute approximate surface area is 334 Å². The van der Waals surface area contributed by atoms with Gasteiger partial charge < -0.3 is 4.42 Å². The summed E-state index contributed by atoms with van der Waals surface area (Å²) in [6.45, 7) is 0. The van der Waals surface area contributed by atoms with Crippen LogP contribution in [0.2, 0.25) is 0 Å². The third kappa shape index (κ3) is 4.81. The van der Waals surface area contributed by atoms with E-state index in [-0.39, 0.29) is 0 Å². The van der Waals surface area contributed by atoms with Gasteiger partial charge in [0, 0.05) is 42.8 Å². The Morgan fingerprint density at radius 1 is 0.386 bits per heavy atom. The molecule has 0 N–H and O–H groups in total. The van der Waals surface area contributed by atoms with Crippen molar-refractivity contribution >= 4 is 33.7 Å². The van der Waals surface area contributed by atoms with Crippen LogP contribution >= 0.6 is 11.8 Å². The molecule has 0 atom stereocenters. The quantitative estimate of drug-likeness (QED) is 0.180. The van der Waals surface area contributed by atoms with Crippen molar-refractivity contribution in [2.45, 2.75) is 15.2 Å². The fourth-order valence-electron chi connectivity index (χ4n) is 9.28. The highest BCUT2D eigenvalue weighted by molar-refractivity contribution is 7.99. The SMILES string of the molecule is c1ccc(-c2cc(-c3ccc(-c4cccc5c4oc4ccccc45)cc3)nc(-c3ccc4c(c3)Sc3ccccc3C43c4ccccc4-c4ccccc43)n2)cc1. The first kappa shape index (κ1) is 32.3. The lowest BCUT2D eigenvalue weighted by Crippen LogP contribution is -2.31. The molecule has 3 heterocycles. The summed E-state index contributed by atoms with van der Waals surface area (Å²) in [4.78, 5) is 13.0. The third-order valence-electron chi connectivity index (χ3n) is 11.8. The van der Waals surface area contributed by atoms with E-state index in [1.54, 1.807) is 0 Å². The Bertz CT molecular complexity index is 3170. The van der Waals surface area contributed by atoms with Crippen molar-refractivity contribution in [1.82, 2.24) is 9.97 Å². The van der Waals surface area contributed by atoms with E-state index in [9.17, 15) is 0 Å². The summed E-state index contributed by atoms with van der Waals surface area (Å²) < 4.78 is 6.38. The second kappa shape index (κ2) is 12.5. The molecule has 266 valence electrons. The first-order chi connectivity index (χ1) is 28.2. The summed E-state index contributed by atoms with van der Waals surface area (Å²) in [5, 5.41) is 2.25. The molecule has 4 heteroatoms. The highest BCUT2D eigenvalue weighted by Crippen LogP contribution is 2.62. The van der Waals surface area contributed by atoms with Crippen LogP contribution in [-0.2, 0) is 5.41 Å². The van der Waals surface area contributed by atoms with Crippen molar-refractivity contribution in [3.63, 3.8) is 0 Å². The largest absolute Gasteiger partial charge is 0.455 e. The molecular weight excluding hydrogens is 713 g/mol. The maximum Gasteiger partial charge on any atom is 0.160 e. The van der Waals surface area contributed by atoms with Crippen LogP contribution in [0.1, 0.15) is 22.3 Å². The monoisotopic (exact) mass is 744 g/mol. The van der Waals surface area contributed by atoms with Gasteiger partial charge in [-0.1, -0.05) is 182 Å². The van der Waals surface area contributed by atoms with Gasteiger partial charge in [0.05, 0.1) is 16.8 Å². The number of para-hydroxylation sites is 2. The van der Waals surface area contributed by atoms with E-state index in [0.29, 0.717) is 5.82 Å². The van der Waals surface area contributed by atoms with Gasteiger partial charge in [-0.3, -0.25) is 0 Å². The highest BCUT2D eigenvalue weighted by atomic mass is 32.2. The number of fused-ring (bicyclic) bond motifs is 12. The van der Waals surface area contributed by atoms with Gasteiger partial charge in [-0.25, -0.2) is 9.97 Å². The number of aromatic nitrogens is 2. The molecule has 0 unspecified atom stereocenters. The Kier molecular flexibility index (Phi) is 7.08. The molecule has 1 aliphatic carbocycles. The predicted octanol–water partition coefficient (Wildman–Crippen LogP) is 13.9. The molecule has 0 amide bonds. The summed E-state index contributed by atoms with van der Waals surface area (Å²) in [6, 6.07) is 69.5. The maximum atomic E-state index is 6.38. The minimum atomic E-state index is -0.421. The molecule has 12 rings (SSSR count). The molecule has 0 radical (unpaired) electrons. The molecule has 1 spiro atoms. The maximum absolute atomic E-state index is 6.38. The molecule has 10 aromatic rings. The summed E-state index contributed by atoms with van der Waals surface area (Å²) in [5.41, 5.74) is 16.3. The summed E-state index contributed by atoms with van der Waals surface area (Å²) >= 11 is 1.84. The Morgan fingerprint density at radius 2 is 0.947 bits per heavy atom. The van der Waals surface area contributed by atoms with Crippen LogP contribution in [0.3, 0.4) is 0 Å². The van der Waals surface area contributed by atoms with Crippen molar-refractivity contribution in [3.8, 4) is 56.2 Å². The van der Waals surface area contributed by atoms with E-state index in [1.165, 1.54) is 43.2 Å². The average molecular weight is 745 g/mol. The topological polar surface area (TPSA) is 38.9 Å². The molecule has 0 fully saturated rings. The average Bonchev–Trinajstić information content (AvgIpc) is 3.81. The highest BCUT2D eigenvalue weighted by Gasteiger charge is 2.50. The molecule has 2 aromatic heterocycles. The van der Waals surface area contributed by atoms with Crippen molar-refractivity contribution in [3.05, 3.63) is 216 Å². The van der Waals surface area contributed by atoms with E-state index in [2.05, 4.69) is 176 Å². The number of hydrogen-bond acceptors (Lipinski definition) is 4. The molecule has 3 nitrogen and oxygen atoms in total. The van der Waals surface area contributed by atoms with Crippen molar-refractivity contribution in [2.75, 3.05) is 0 Å².